The number of benzene rings is 2. The predicted molar refractivity (Wildman–Crippen MR) is 114 cm³/mol. The summed E-state index contributed by atoms with van der Waals surface area (Å²) < 4.78 is 0.997. The van der Waals surface area contributed by atoms with E-state index in [0.29, 0.717) is 0 Å². The van der Waals surface area contributed by atoms with Crippen molar-refractivity contribution in [2.45, 2.75) is 13.0 Å². The summed E-state index contributed by atoms with van der Waals surface area (Å²) in [6.07, 6.45) is 0.994. The van der Waals surface area contributed by atoms with Crippen LogP contribution in [0.25, 0.3) is 0 Å². The fourth-order valence-corrected chi connectivity index (χ4v) is 3.89. The number of amides is 1. The molecule has 1 saturated heterocycles. The molecule has 2 aromatic rings. The van der Waals surface area contributed by atoms with Gasteiger partial charge in [-0.2, -0.15) is 0 Å². The Morgan fingerprint density at radius 1 is 0.923 bits per heavy atom. The molecular weight excluding hydrogens is 437 g/mol. The lowest BCUT2D eigenvalue weighted by Crippen LogP contribution is -2.46. The summed E-state index contributed by atoms with van der Waals surface area (Å²) in [6.45, 7) is 7.27. The van der Waals surface area contributed by atoms with E-state index in [1.165, 1.54) is 5.56 Å². The number of nitrogens with one attached hydrogen (secondary N) is 1. The van der Waals surface area contributed by atoms with Crippen molar-refractivity contribution in [2.24, 2.45) is 0 Å². The number of hydrogen-bond donors (Lipinski definition) is 1. The van der Waals surface area contributed by atoms with Crippen LogP contribution in [-0.4, -0.2) is 55.0 Å². The monoisotopic (exact) mass is 463 g/mol. The van der Waals surface area contributed by atoms with Gasteiger partial charge >= 0.3 is 0 Å². The number of carbonyl (C=O) groups excluding carboxylic acids is 1. The quantitative estimate of drug-likeness (QED) is 0.506. The zero-order valence-electron chi connectivity index (χ0n) is 15.0. The summed E-state index contributed by atoms with van der Waals surface area (Å²) in [7, 11) is 0. The minimum absolute atomic E-state index is 0.0303. The number of carbonyl (C=O) groups is 1. The summed E-state index contributed by atoms with van der Waals surface area (Å²) in [5, 5.41) is 3.04. The second-order valence-corrected chi connectivity index (χ2v) is 7.85. The van der Waals surface area contributed by atoms with Gasteiger partial charge in [-0.15, -0.1) is 0 Å². The van der Waals surface area contributed by atoms with Crippen LogP contribution in [-0.2, 0) is 6.54 Å². The van der Waals surface area contributed by atoms with Gasteiger partial charge in [-0.25, -0.2) is 0 Å². The maximum Gasteiger partial charge on any atom is 0.252 e. The Kier molecular flexibility index (Phi) is 7.46. The van der Waals surface area contributed by atoms with Gasteiger partial charge in [0, 0.05) is 42.8 Å². The largest absolute Gasteiger partial charge is 0.352 e. The van der Waals surface area contributed by atoms with Gasteiger partial charge in [-0.1, -0.05) is 42.5 Å². The number of nitrogens with zero attached hydrogens (tertiary/aromatic N) is 2. The van der Waals surface area contributed by atoms with E-state index in [4.69, 9.17) is 0 Å². The molecule has 1 heterocycles. The van der Waals surface area contributed by atoms with Crippen molar-refractivity contribution in [1.82, 2.24) is 15.1 Å². The molecule has 1 aliphatic heterocycles. The predicted octanol–water partition coefficient (Wildman–Crippen LogP) is 3.23. The first-order valence-corrected chi connectivity index (χ1v) is 10.3. The van der Waals surface area contributed by atoms with Gasteiger partial charge in [0.05, 0.1) is 5.56 Å². The fourth-order valence-electron chi connectivity index (χ4n) is 3.26. The number of piperazine rings is 1. The van der Waals surface area contributed by atoms with Crippen LogP contribution in [0.15, 0.2) is 54.6 Å². The lowest BCUT2D eigenvalue weighted by atomic mass is 10.2. The Morgan fingerprint density at radius 3 is 2.31 bits per heavy atom. The highest BCUT2D eigenvalue weighted by atomic mass is 127. The van der Waals surface area contributed by atoms with Gasteiger partial charge < -0.3 is 10.2 Å². The van der Waals surface area contributed by atoms with Crippen molar-refractivity contribution < 1.29 is 4.79 Å². The van der Waals surface area contributed by atoms with Crippen LogP contribution in [0.3, 0.4) is 0 Å². The molecule has 5 heteroatoms. The van der Waals surface area contributed by atoms with Gasteiger partial charge in [-0.05, 0) is 53.3 Å². The highest BCUT2D eigenvalue weighted by Gasteiger charge is 2.16. The van der Waals surface area contributed by atoms with E-state index < -0.39 is 0 Å². The van der Waals surface area contributed by atoms with Gasteiger partial charge in [0.25, 0.3) is 5.91 Å². The van der Waals surface area contributed by atoms with E-state index in [-0.39, 0.29) is 5.91 Å². The first-order chi connectivity index (χ1) is 12.7. The maximum absolute atomic E-state index is 12.2. The van der Waals surface area contributed by atoms with Crippen LogP contribution < -0.4 is 5.32 Å². The molecule has 0 spiro atoms. The van der Waals surface area contributed by atoms with Gasteiger partial charge in [0.15, 0.2) is 0 Å². The standard InChI is InChI=1S/C21H26IN3O/c22-20-10-5-4-9-19(20)21(26)23-11-6-12-24-13-15-25(16-14-24)17-18-7-2-1-3-8-18/h1-5,7-10H,6,11-17H2,(H,23,26). The zero-order chi connectivity index (χ0) is 18.2. The van der Waals surface area contributed by atoms with Gasteiger partial charge in [0.2, 0.25) is 0 Å². The van der Waals surface area contributed by atoms with Crippen LogP contribution in [0.1, 0.15) is 22.3 Å². The maximum atomic E-state index is 12.2. The van der Waals surface area contributed by atoms with Crippen LogP contribution in [0, 0.1) is 3.57 Å². The fraction of sp³-hybridized carbons (Fsp3) is 0.381. The molecule has 3 rings (SSSR count). The normalized spacial score (nSPS) is 15.7. The lowest BCUT2D eigenvalue weighted by molar-refractivity contribution is 0.0946. The molecule has 4 nitrogen and oxygen atoms in total. The Hall–Kier alpha value is -1.44. The first kappa shape index (κ1) is 19.3. The third kappa shape index (κ3) is 5.79. The van der Waals surface area contributed by atoms with E-state index in [9.17, 15) is 4.79 Å². The van der Waals surface area contributed by atoms with Crippen molar-refractivity contribution in [2.75, 3.05) is 39.3 Å². The van der Waals surface area contributed by atoms with E-state index in [0.717, 1.165) is 61.4 Å². The molecule has 0 aromatic heterocycles. The van der Waals surface area contributed by atoms with Crippen LogP contribution >= 0.6 is 22.6 Å². The summed E-state index contributed by atoms with van der Waals surface area (Å²) in [4.78, 5) is 17.2. The van der Waals surface area contributed by atoms with E-state index in [2.05, 4.69) is 68.0 Å². The Bertz CT molecular complexity index is 699. The Labute approximate surface area is 169 Å². The van der Waals surface area contributed by atoms with Crippen LogP contribution in [0.4, 0.5) is 0 Å². The second kappa shape index (κ2) is 10.0. The molecule has 0 unspecified atom stereocenters. The molecule has 138 valence electrons. The molecule has 0 saturated carbocycles. The van der Waals surface area contributed by atoms with Crippen molar-refractivity contribution in [1.29, 1.82) is 0 Å². The topological polar surface area (TPSA) is 35.6 Å². The summed E-state index contributed by atoms with van der Waals surface area (Å²) in [5.41, 5.74) is 2.15. The van der Waals surface area contributed by atoms with E-state index in [1.807, 2.05) is 24.3 Å². The summed E-state index contributed by atoms with van der Waals surface area (Å²) in [5.74, 6) is 0.0303. The third-order valence-electron chi connectivity index (χ3n) is 4.77. The van der Waals surface area contributed by atoms with Crippen molar-refractivity contribution in [3.05, 3.63) is 69.3 Å². The smallest absolute Gasteiger partial charge is 0.252 e. The molecule has 1 aliphatic rings. The highest BCUT2D eigenvalue weighted by molar-refractivity contribution is 14.1. The average Bonchev–Trinajstić information content (AvgIpc) is 2.67. The minimum atomic E-state index is 0.0303. The van der Waals surface area contributed by atoms with Crippen LogP contribution in [0.5, 0.6) is 0 Å². The second-order valence-electron chi connectivity index (χ2n) is 6.69. The Morgan fingerprint density at radius 2 is 1.58 bits per heavy atom. The molecule has 0 bridgehead atoms. The molecule has 0 aliphatic carbocycles. The van der Waals surface area contributed by atoms with Crippen molar-refractivity contribution >= 4 is 28.5 Å². The number of halogens is 1. The SMILES string of the molecule is O=C(NCCCN1CCN(Cc2ccccc2)CC1)c1ccccc1I. The van der Waals surface area contributed by atoms with Gasteiger partial charge in [-0.3, -0.25) is 9.69 Å². The Balaban J connectivity index is 1.32. The van der Waals surface area contributed by atoms with Crippen molar-refractivity contribution in [3.8, 4) is 0 Å². The van der Waals surface area contributed by atoms with E-state index >= 15 is 0 Å². The molecule has 1 amide bonds. The molecule has 26 heavy (non-hydrogen) atoms. The summed E-state index contributed by atoms with van der Waals surface area (Å²) >= 11 is 2.21. The number of hydrogen-bond acceptors (Lipinski definition) is 3. The average molecular weight is 463 g/mol. The number of rotatable bonds is 7. The molecule has 1 fully saturated rings. The third-order valence-corrected chi connectivity index (χ3v) is 5.71. The first-order valence-electron chi connectivity index (χ1n) is 9.24. The molecular formula is C21H26IN3O. The van der Waals surface area contributed by atoms with Crippen LogP contribution in [0.2, 0.25) is 0 Å². The summed E-state index contributed by atoms with van der Waals surface area (Å²) in [6, 6.07) is 18.4. The zero-order valence-corrected chi connectivity index (χ0v) is 17.2. The minimum Gasteiger partial charge on any atom is -0.352 e. The van der Waals surface area contributed by atoms with Gasteiger partial charge in [0.1, 0.15) is 0 Å². The highest BCUT2D eigenvalue weighted by Crippen LogP contribution is 2.11. The molecule has 1 N–H and O–H groups in total. The molecule has 0 atom stereocenters. The van der Waals surface area contributed by atoms with E-state index in [1.54, 1.807) is 0 Å². The molecule has 0 radical (unpaired) electrons. The van der Waals surface area contributed by atoms with Crippen molar-refractivity contribution in [3.63, 3.8) is 0 Å². The lowest BCUT2D eigenvalue weighted by Gasteiger charge is -2.34. The molecule has 2 aromatic carbocycles.